The Balaban J connectivity index is 0.965. The zero-order valence-electron chi connectivity index (χ0n) is 21.0. The molecular formula is C30H29Cl2N3O2S. The number of halogens is 2. The fraction of sp³-hybridized carbons (Fsp3) is 0.467. The van der Waals surface area contributed by atoms with Crippen molar-refractivity contribution in [1.29, 1.82) is 0 Å². The molecule has 2 aliphatic heterocycles. The lowest BCUT2D eigenvalue weighted by molar-refractivity contribution is -0.103. The van der Waals surface area contributed by atoms with Crippen LogP contribution in [0.1, 0.15) is 68.6 Å². The third-order valence-electron chi connectivity index (χ3n) is 9.35. The highest BCUT2D eigenvalue weighted by Gasteiger charge is 2.54. The highest BCUT2D eigenvalue weighted by atomic mass is 35.5. The van der Waals surface area contributed by atoms with Crippen LogP contribution in [0.25, 0.3) is 21.3 Å². The zero-order chi connectivity index (χ0) is 25.4. The summed E-state index contributed by atoms with van der Waals surface area (Å²) in [5.74, 6) is 1.39. The predicted octanol–water partition coefficient (Wildman–Crippen LogP) is 8.63. The highest BCUT2D eigenvalue weighted by molar-refractivity contribution is 7.13. The van der Waals surface area contributed by atoms with Gasteiger partial charge in [0.15, 0.2) is 0 Å². The summed E-state index contributed by atoms with van der Waals surface area (Å²) in [7, 11) is 0. The smallest absolute Gasteiger partial charge is 0.145 e. The third-order valence-corrected chi connectivity index (χ3v) is 10.7. The summed E-state index contributed by atoms with van der Waals surface area (Å²) in [4.78, 5) is 2.72. The largest absolute Gasteiger partial charge is 0.373 e. The van der Waals surface area contributed by atoms with Crippen molar-refractivity contribution in [3.63, 3.8) is 0 Å². The molecule has 5 nitrogen and oxygen atoms in total. The number of hydrogen-bond donors (Lipinski definition) is 0. The van der Waals surface area contributed by atoms with Crippen molar-refractivity contribution in [2.45, 2.75) is 82.1 Å². The summed E-state index contributed by atoms with van der Waals surface area (Å²) in [6.07, 6.45) is 12.0. The molecule has 4 aromatic rings. The first-order valence-corrected chi connectivity index (χ1v) is 15.3. The molecule has 0 unspecified atom stereocenters. The molecule has 1 spiro atoms. The molecule has 0 N–H and O–H groups in total. The van der Waals surface area contributed by atoms with E-state index in [0.29, 0.717) is 40.1 Å². The fourth-order valence-corrected chi connectivity index (χ4v) is 8.74. The number of fused-ring (bicyclic) bond motifs is 3. The minimum Gasteiger partial charge on any atom is -0.373 e. The van der Waals surface area contributed by atoms with Gasteiger partial charge in [-0.15, -0.1) is 0 Å². The Hall–Kier alpha value is -2.12. The van der Waals surface area contributed by atoms with E-state index in [1.807, 2.05) is 24.4 Å². The van der Waals surface area contributed by atoms with Crippen molar-refractivity contribution in [2.24, 2.45) is 5.41 Å². The number of aromatic nitrogens is 2. The number of benzene rings is 2. The van der Waals surface area contributed by atoms with E-state index in [-0.39, 0.29) is 6.10 Å². The van der Waals surface area contributed by atoms with Crippen LogP contribution in [-0.2, 0) is 11.3 Å². The van der Waals surface area contributed by atoms with Crippen molar-refractivity contribution in [2.75, 3.05) is 4.90 Å². The maximum absolute atomic E-state index is 6.55. The molecule has 2 bridgehead atoms. The summed E-state index contributed by atoms with van der Waals surface area (Å²) in [5.41, 5.74) is 4.31. The van der Waals surface area contributed by atoms with Crippen molar-refractivity contribution in [1.82, 2.24) is 9.53 Å². The second kappa shape index (κ2) is 8.95. The summed E-state index contributed by atoms with van der Waals surface area (Å²) < 4.78 is 18.0. The maximum atomic E-state index is 6.55. The second-order valence-electron chi connectivity index (χ2n) is 11.8. The molecule has 2 atom stereocenters. The van der Waals surface area contributed by atoms with Gasteiger partial charge < -0.3 is 14.2 Å². The first-order chi connectivity index (χ1) is 18.6. The van der Waals surface area contributed by atoms with Crippen molar-refractivity contribution < 1.29 is 9.26 Å². The van der Waals surface area contributed by atoms with E-state index in [0.717, 1.165) is 48.3 Å². The Labute approximate surface area is 236 Å². The van der Waals surface area contributed by atoms with Crippen LogP contribution in [0.5, 0.6) is 0 Å². The number of nitrogens with zero attached hydrogens (tertiary/aromatic N) is 3. The van der Waals surface area contributed by atoms with Gasteiger partial charge in [-0.05, 0) is 98.6 Å². The van der Waals surface area contributed by atoms with Gasteiger partial charge in [0.1, 0.15) is 11.5 Å². The maximum Gasteiger partial charge on any atom is 0.145 e. The van der Waals surface area contributed by atoms with E-state index in [2.05, 4.69) is 32.6 Å². The topological polar surface area (TPSA) is 51.4 Å². The Bertz CT molecular complexity index is 1490. The Morgan fingerprint density at radius 2 is 1.76 bits per heavy atom. The van der Waals surface area contributed by atoms with E-state index >= 15 is 0 Å². The van der Waals surface area contributed by atoms with Gasteiger partial charge in [0.2, 0.25) is 0 Å². The molecule has 4 aliphatic rings. The van der Waals surface area contributed by atoms with Gasteiger partial charge in [-0.25, -0.2) is 0 Å². The van der Waals surface area contributed by atoms with Crippen molar-refractivity contribution in [3.8, 4) is 11.3 Å². The Morgan fingerprint density at radius 1 is 1.00 bits per heavy atom. The lowest BCUT2D eigenvalue weighted by Gasteiger charge is -2.55. The Morgan fingerprint density at radius 3 is 2.50 bits per heavy atom. The van der Waals surface area contributed by atoms with Gasteiger partial charge >= 0.3 is 0 Å². The normalized spacial score (nSPS) is 28.4. The molecule has 8 rings (SSSR count). The van der Waals surface area contributed by atoms with Crippen LogP contribution < -0.4 is 4.90 Å². The van der Waals surface area contributed by atoms with Crippen LogP contribution in [0, 0.1) is 5.41 Å². The molecule has 2 saturated carbocycles. The van der Waals surface area contributed by atoms with E-state index < -0.39 is 0 Å². The highest BCUT2D eigenvalue weighted by Crippen LogP contribution is 2.58. The molecule has 38 heavy (non-hydrogen) atoms. The lowest BCUT2D eigenvalue weighted by Crippen LogP contribution is -2.54. The number of rotatable bonds is 6. The number of hydrogen-bond acceptors (Lipinski definition) is 6. The molecule has 0 radical (unpaired) electrons. The lowest BCUT2D eigenvalue weighted by atomic mass is 9.59. The number of piperidine rings is 1. The van der Waals surface area contributed by atoms with Crippen LogP contribution in [-0.4, -0.2) is 27.7 Å². The van der Waals surface area contributed by atoms with Gasteiger partial charge in [-0.1, -0.05) is 34.4 Å². The first-order valence-electron chi connectivity index (χ1n) is 13.7. The minimum atomic E-state index is 0.283. The molecule has 2 aromatic heterocycles. The quantitative estimate of drug-likeness (QED) is 0.234. The molecule has 4 fully saturated rings. The van der Waals surface area contributed by atoms with Crippen LogP contribution in [0.3, 0.4) is 0 Å². The van der Waals surface area contributed by atoms with E-state index in [1.54, 1.807) is 11.5 Å². The van der Waals surface area contributed by atoms with E-state index in [9.17, 15) is 0 Å². The minimum absolute atomic E-state index is 0.283. The molecule has 2 saturated heterocycles. The first kappa shape index (κ1) is 23.7. The molecule has 196 valence electrons. The average molecular weight is 567 g/mol. The average Bonchev–Trinajstić information content (AvgIpc) is 3.37. The van der Waals surface area contributed by atoms with Crippen LogP contribution in [0.15, 0.2) is 47.1 Å². The van der Waals surface area contributed by atoms with E-state index in [4.69, 9.17) is 32.5 Å². The zero-order valence-corrected chi connectivity index (χ0v) is 23.4. The van der Waals surface area contributed by atoms with Crippen molar-refractivity contribution >= 4 is 50.5 Å². The SMILES string of the molecule is Clc1cccc(Cl)c1-c1noc(C2CC2)c1COC1CC2(C1)C[C@H]1CC[C@@H](C2)N1c1ccc2cnsc2c1. The summed E-state index contributed by atoms with van der Waals surface area (Å²) in [5, 5.41) is 6.85. The molecule has 4 heterocycles. The van der Waals surface area contributed by atoms with Crippen LogP contribution >= 0.6 is 34.7 Å². The molecule has 8 heteroatoms. The monoisotopic (exact) mass is 565 g/mol. The van der Waals surface area contributed by atoms with Crippen molar-refractivity contribution in [3.05, 3.63) is 64.0 Å². The summed E-state index contributed by atoms with van der Waals surface area (Å²) in [6.45, 7) is 0.501. The standard InChI is InChI=1S/C30H29Cl2N3O2S/c31-24-2-1-3-25(32)27(24)28-23(29(37-34-28)17-4-5-17)16-36-22-13-30(14-22)11-20-8-9-21(12-30)35(20)19-7-6-18-15-33-38-26(18)10-19/h1-3,6-7,10,15,17,20-22H,4-5,8-9,11-14,16H2/t20-,21+,22?,30?. The van der Waals surface area contributed by atoms with Crippen LogP contribution in [0.2, 0.25) is 10.0 Å². The molecule has 0 amide bonds. The second-order valence-corrected chi connectivity index (χ2v) is 13.5. The van der Waals surface area contributed by atoms with Gasteiger partial charge in [-0.2, -0.15) is 4.37 Å². The molecule has 2 aromatic carbocycles. The number of anilines is 1. The Kier molecular flexibility index (Phi) is 5.59. The van der Waals surface area contributed by atoms with Gasteiger partial charge in [0.05, 0.1) is 27.5 Å². The summed E-state index contributed by atoms with van der Waals surface area (Å²) >= 11 is 14.7. The summed E-state index contributed by atoms with van der Waals surface area (Å²) in [6, 6.07) is 13.7. The molecular weight excluding hydrogens is 537 g/mol. The fourth-order valence-electron chi connectivity index (χ4n) is 7.48. The van der Waals surface area contributed by atoms with E-state index in [1.165, 1.54) is 41.5 Å². The van der Waals surface area contributed by atoms with Crippen LogP contribution in [0.4, 0.5) is 5.69 Å². The van der Waals surface area contributed by atoms with Gasteiger partial charge in [0, 0.05) is 46.4 Å². The number of ether oxygens (including phenoxy) is 1. The predicted molar refractivity (Wildman–Crippen MR) is 152 cm³/mol. The van der Waals surface area contributed by atoms with Gasteiger partial charge in [-0.3, -0.25) is 0 Å². The third kappa shape index (κ3) is 3.90. The molecule has 2 aliphatic carbocycles. The van der Waals surface area contributed by atoms with Gasteiger partial charge in [0.25, 0.3) is 0 Å².